The molecule has 3 aromatic rings. The topological polar surface area (TPSA) is 51.1 Å². The van der Waals surface area contributed by atoms with E-state index < -0.39 is 23.2 Å². The van der Waals surface area contributed by atoms with Crippen molar-refractivity contribution in [3.8, 4) is 5.69 Å². The first-order chi connectivity index (χ1) is 14.3. The van der Waals surface area contributed by atoms with Gasteiger partial charge in [0.25, 0.3) is 11.5 Å². The molecule has 0 aliphatic heterocycles. The van der Waals surface area contributed by atoms with Crippen LogP contribution in [-0.4, -0.2) is 16.5 Å². The van der Waals surface area contributed by atoms with E-state index in [1.165, 1.54) is 18.2 Å². The Morgan fingerprint density at radius 1 is 1.03 bits per heavy atom. The lowest BCUT2D eigenvalue weighted by Gasteiger charge is -2.14. The van der Waals surface area contributed by atoms with Crippen LogP contribution in [0.15, 0.2) is 71.5 Å². The first-order valence-electron chi connectivity index (χ1n) is 9.52. The second-order valence-electron chi connectivity index (χ2n) is 7.41. The van der Waals surface area contributed by atoms with E-state index in [-0.39, 0.29) is 23.2 Å². The SMILES string of the molecule is Cc1ccc(C(=O)NC2C[C@@H]2c2ccccc2)c(=O)n1-c1cccc(C(F)(F)F)c1. The van der Waals surface area contributed by atoms with Gasteiger partial charge in [-0.25, -0.2) is 0 Å². The van der Waals surface area contributed by atoms with Crippen LogP contribution in [0, 0.1) is 6.92 Å². The summed E-state index contributed by atoms with van der Waals surface area (Å²) in [5, 5.41) is 2.86. The maximum atomic E-state index is 13.1. The van der Waals surface area contributed by atoms with Gasteiger partial charge in [0.1, 0.15) is 5.56 Å². The smallest absolute Gasteiger partial charge is 0.348 e. The number of benzene rings is 2. The molecule has 0 bridgehead atoms. The number of pyridine rings is 1. The highest BCUT2D eigenvalue weighted by Gasteiger charge is 2.39. The molecule has 1 unspecified atom stereocenters. The molecule has 0 spiro atoms. The number of aromatic nitrogens is 1. The Kier molecular flexibility index (Phi) is 4.97. The number of rotatable bonds is 4. The van der Waals surface area contributed by atoms with Crippen molar-refractivity contribution in [2.45, 2.75) is 31.5 Å². The molecule has 4 rings (SSSR count). The van der Waals surface area contributed by atoms with Gasteiger partial charge < -0.3 is 5.32 Å². The summed E-state index contributed by atoms with van der Waals surface area (Å²) < 4.78 is 40.3. The van der Waals surface area contributed by atoms with Crippen LogP contribution >= 0.6 is 0 Å². The summed E-state index contributed by atoms with van der Waals surface area (Å²) in [6.45, 7) is 1.61. The van der Waals surface area contributed by atoms with E-state index in [0.717, 1.165) is 28.7 Å². The molecule has 2 atom stereocenters. The average Bonchev–Trinajstić information content (AvgIpc) is 3.47. The summed E-state index contributed by atoms with van der Waals surface area (Å²) in [6.07, 6.45) is -3.75. The van der Waals surface area contributed by atoms with Crippen LogP contribution in [0.2, 0.25) is 0 Å². The summed E-state index contributed by atoms with van der Waals surface area (Å²) in [5.74, 6) is -0.324. The van der Waals surface area contributed by atoms with E-state index in [0.29, 0.717) is 5.69 Å². The van der Waals surface area contributed by atoms with Crippen molar-refractivity contribution in [2.24, 2.45) is 0 Å². The minimum absolute atomic E-state index is 0.0653. The summed E-state index contributed by atoms with van der Waals surface area (Å²) in [6, 6.07) is 17.2. The van der Waals surface area contributed by atoms with Crippen molar-refractivity contribution < 1.29 is 18.0 Å². The zero-order valence-electron chi connectivity index (χ0n) is 16.1. The zero-order chi connectivity index (χ0) is 21.5. The van der Waals surface area contributed by atoms with Crippen LogP contribution < -0.4 is 10.9 Å². The molecule has 0 saturated heterocycles. The number of amides is 1. The van der Waals surface area contributed by atoms with Crippen LogP contribution in [0.25, 0.3) is 5.69 Å². The standard InChI is InChI=1S/C23H19F3N2O2/c1-14-10-11-18(21(29)27-20-13-19(20)15-6-3-2-4-7-15)22(30)28(14)17-9-5-8-16(12-17)23(24,25)26/h2-12,19-20H,13H2,1H3,(H,27,29)/t19-,20?/m1/s1. The Morgan fingerprint density at radius 2 is 1.77 bits per heavy atom. The maximum absolute atomic E-state index is 13.1. The number of alkyl halides is 3. The van der Waals surface area contributed by atoms with E-state index in [9.17, 15) is 22.8 Å². The number of carbonyl (C=O) groups excluding carboxylic acids is 1. The Bertz CT molecular complexity index is 1150. The molecule has 1 aliphatic rings. The lowest BCUT2D eigenvalue weighted by molar-refractivity contribution is -0.137. The van der Waals surface area contributed by atoms with Crippen molar-refractivity contribution in [3.63, 3.8) is 0 Å². The second-order valence-corrected chi connectivity index (χ2v) is 7.41. The van der Waals surface area contributed by atoms with Gasteiger partial charge in [0.05, 0.1) is 5.56 Å². The Labute approximate surface area is 171 Å². The highest BCUT2D eigenvalue weighted by Crippen LogP contribution is 2.40. The summed E-state index contributed by atoms with van der Waals surface area (Å²) in [5.41, 5.74) is 0.0124. The van der Waals surface area contributed by atoms with Gasteiger partial charge in [-0.2, -0.15) is 13.2 Å². The molecule has 154 valence electrons. The molecule has 1 saturated carbocycles. The van der Waals surface area contributed by atoms with Gasteiger partial charge in [0.15, 0.2) is 0 Å². The Balaban J connectivity index is 1.61. The molecule has 1 aromatic heterocycles. The number of nitrogens with zero attached hydrogens (tertiary/aromatic N) is 1. The molecule has 1 amide bonds. The quantitative estimate of drug-likeness (QED) is 0.688. The Morgan fingerprint density at radius 3 is 2.47 bits per heavy atom. The predicted molar refractivity (Wildman–Crippen MR) is 107 cm³/mol. The molecule has 7 heteroatoms. The number of nitrogens with one attached hydrogen (secondary N) is 1. The van der Waals surface area contributed by atoms with Crippen LogP contribution in [0.5, 0.6) is 0 Å². The minimum atomic E-state index is -4.53. The predicted octanol–water partition coefficient (Wildman–Crippen LogP) is 4.45. The molecule has 1 heterocycles. The van der Waals surface area contributed by atoms with E-state index in [2.05, 4.69) is 5.32 Å². The number of carbonyl (C=O) groups is 1. The van der Waals surface area contributed by atoms with Crippen molar-refractivity contribution in [2.75, 3.05) is 0 Å². The third kappa shape index (κ3) is 3.87. The largest absolute Gasteiger partial charge is 0.416 e. The van der Waals surface area contributed by atoms with Gasteiger partial charge in [-0.05, 0) is 49.2 Å². The zero-order valence-corrected chi connectivity index (χ0v) is 16.1. The lowest BCUT2D eigenvalue weighted by Crippen LogP contribution is -2.34. The minimum Gasteiger partial charge on any atom is -0.348 e. The molecule has 4 nitrogen and oxygen atoms in total. The number of halogens is 3. The first kappa shape index (κ1) is 19.9. The second kappa shape index (κ2) is 7.48. The highest BCUT2D eigenvalue weighted by molar-refractivity contribution is 5.94. The summed E-state index contributed by atoms with van der Waals surface area (Å²) in [7, 11) is 0. The van der Waals surface area contributed by atoms with E-state index in [1.807, 2.05) is 30.3 Å². The fourth-order valence-electron chi connectivity index (χ4n) is 3.61. The van der Waals surface area contributed by atoms with Crippen LogP contribution in [0.4, 0.5) is 13.2 Å². The normalized spacial score (nSPS) is 18.1. The van der Waals surface area contributed by atoms with Crippen LogP contribution in [0.1, 0.15) is 39.5 Å². The van der Waals surface area contributed by atoms with Gasteiger partial charge in [-0.15, -0.1) is 0 Å². The first-order valence-corrected chi connectivity index (χ1v) is 9.52. The fraction of sp³-hybridized carbons (Fsp3) is 0.217. The van der Waals surface area contributed by atoms with E-state index in [4.69, 9.17) is 0 Å². The highest BCUT2D eigenvalue weighted by atomic mass is 19.4. The van der Waals surface area contributed by atoms with Gasteiger partial charge in [-0.3, -0.25) is 14.2 Å². The van der Waals surface area contributed by atoms with Crippen molar-refractivity contribution in [1.29, 1.82) is 0 Å². The van der Waals surface area contributed by atoms with Gasteiger partial charge in [-0.1, -0.05) is 36.4 Å². The molecule has 2 aromatic carbocycles. The maximum Gasteiger partial charge on any atom is 0.416 e. The van der Waals surface area contributed by atoms with Gasteiger partial charge in [0.2, 0.25) is 0 Å². The van der Waals surface area contributed by atoms with Gasteiger partial charge in [0, 0.05) is 23.3 Å². The fourth-order valence-corrected chi connectivity index (χ4v) is 3.61. The Hall–Kier alpha value is -3.35. The number of hydrogen-bond donors (Lipinski definition) is 1. The van der Waals surface area contributed by atoms with Crippen molar-refractivity contribution in [3.05, 3.63) is 99.5 Å². The van der Waals surface area contributed by atoms with E-state index >= 15 is 0 Å². The lowest BCUT2D eigenvalue weighted by atomic mass is 10.1. The average molecular weight is 412 g/mol. The molecular weight excluding hydrogens is 393 g/mol. The third-order valence-electron chi connectivity index (χ3n) is 5.29. The van der Waals surface area contributed by atoms with Crippen LogP contribution in [0.3, 0.4) is 0 Å². The monoisotopic (exact) mass is 412 g/mol. The molecule has 1 fully saturated rings. The van der Waals surface area contributed by atoms with Crippen LogP contribution in [-0.2, 0) is 6.18 Å². The summed E-state index contributed by atoms with van der Waals surface area (Å²) >= 11 is 0. The van der Waals surface area contributed by atoms with E-state index in [1.54, 1.807) is 13.0 Å². The summed E-state index contributed by atoms with van der Waals surface area (Å²) in [4.78, 5) is 25.7. The van der Waals surface area contributed by atoms with Crippen molar-refractivity contribution >= 4 is 5.91 Å². The van der Waals surface area contributed by atoms with Gasteiger partial charge >= 0.3 is 6.18 Å². The molecule has 30 heavy (non-hydrogen) atoms. The number of hydrogen-bond acceptors (Lipinski definition) is 2. The van der Waals surface area contributed by atoms with Crippen molar-refractivity contribution in [1.82, 2.24) is 9.88 Å². The third-order valence-corrected chi connectivity index (χ3v) is 5.29. The number of aryl methyl sites for hydroxylation is 1. The molecular formula is C23H19F3N2O2. The molecule has 0 radical (unpaired) electrons. The molecule has 1 N–H and O–H groups in total. The molecule has 1 aliphatic carbocycles.